The summed E-state index contributed by atoms with van der Waals surface area (Å²) >= 11 is 3.71. The number of fused-ring (bicyclic) bond motifs is 2. The fraction of sp³-hybridized carbons (Fsp3) is 0.238. The van der Waals surface area contributed by atoms with Crippen molar-refractivity contribution in [3.63, 3.8) is 0 Å². The average molecular weight is 351 g/mol. The predicted molar refractivity (Wildman–Crippen MR) is 96.9 cm³/mol. The van der Waals surface area contributed by atoms with Crippen molar-refractivity contribution in [2.75, 3.05) is 0 Å². The Kier molecular flexibility index (Phi) is 3.16. The summed E-state index contributed by atoms with van der Waals surface area (Å²) in [6.45, 7) is 4.69. The van der Waals surface area contributed by atoms with E-state index in [0.717, 1.165) is 6.42 Å². The second-order valence-electron chi connectivity index (χ2n) is 7.01. The van der Waals surface area contributed by atoms with Crippen molar-refractivity contribution >= 4 is 27.6 Å². The molecule has 22 heavy (non-hydrogen) atoms. The standard InChI is InChI=1S/C21H19Br/c1-21(2)12-15-11-17-16(9-6-10-19(17)22)20(15)18(13-21)14-7-4-3-5-8-14/h3-12,18H,13H2,1-2H3. The minimum atomic E-state index is 0.227. The average Bonchev–Trinajstić information content (AvgIpc) is 2.86. The first-order chi connectivity index (χ1) is 10.6. The Morgan fingerprint density at radius 1 is 1.00 bits per heavy atom. The molecule has 1 atom stereocenters. The zero-order chi connectivity index (χ0) is 15.3. The highest BCUT2D eigenvalue weighted by molar-refractivity contribution is 9.10. The fourth-order valence-electron chi connectivity index (χ4n) is 3.89. The van der Waals surface area contributed by atoms with Crippen LogP contribution in [0.5, 0.6) is 0 Å². The Labute approximate surface area is 140 Å². The smallest absolute Gasteiger partial charge is 0.0254 e. The van der Waals surface area contributed by atoms with Crippen LogP contribution in [0.1, 0.15) is 31.7 Å². The van der Waals surface area contributed by atoms with E-state index in [0.29, 0.717) is 5.92 Å². The Hall–Kier alpha value is -1.60. The normalized spacial score (nSPS) is 21.7. The minimum Gasteiger partial charge on any atom is -0.0712 e. The van der Waals surface area contributed by atoms with Crippen LogP contribution in [0.25, 0.3) is 11.6 Å². The van der Waals surface area contributed by atoms with E-state index in [1.54, 1.807) is 0 Å². The van der Waals surface area contributed by atoms with E-state index in [2.05, 4.69) is 90.5 Å². The number of rotatable bonds is 1. The van der Waals surface area contributed by atoms with Gasteiger partial charge in [0.05, 0.1) is 0 Å². The molecule has 0 saturated heterocycles. The first kappa shape index (κ1) is 14.0. The minimum absolute atomic E-state index is 0.227. The molecule has 0 fully saturated rings. The fourth-order valence-corrected chi connectivity index (χ4v) is 4.37. The number of hydrogen-bond acceptors (Lipinski definition) is 0. The number of halogens is 1. The van der Waals surface area contributed by atoms with Crippen LogP contribution in [0.3, 0.4) is 0 Å². The maximum Gasteiger partial charge on any atom is 0.0254 e. The molecule has 0 heterocycles. The van der Waals surface area contributed by atoms with Crippen molar-refractivity contribution in [3.05, 3.63) is 80.7 Å². The molecule has 0 spiro atoms. The van der Waals surface area contributed by atoms with Crippen LogP contribution in [0, 0.1) is 5.41 Å². The molecule has 0 aliphatic heterocycles. The lowest BCUT2D eigenvalue weighted by Crippen LogP contribution is -2.28. The summed E-state index contributed by atoms with van der Waals surface area (Å²) in [4.78, 5) is 0. The van der Waals surface area contributed by atoms with Gasteiger partial charge in [-0.3, -0.25) is 0 Å². The van der Waals surface area contributed by atoms with Gasteiger partial charge in [-0.15, -0.1) is 0 Å². The van der Waals surface area contributed by atoms with Gasteiger partial charge in [0.1, 0.15) is 0 Å². The molecule has 2 aliphatic rings. The van der Waals surface area contributed by atoms with Crippen molar-refractivity contribution in [1.29, 1.82) is 0 Å². The lowest BCUT2D eigenvalue weighted by Gasteiger charge is -2.34. The topological polar surface area (TPSA) is 0 Å². The number of benzene rings is 2. The summed E-state index contributed by atoms with van der Waals surface area (Å²) in [7, 11) is 0. The Morgan fingerprint density at radius 2 is 1.77 bits per heavy atom. The molecule has 2 aromatic carbocycles. The number of allylic oxidation sites excluding steroid dienone is 2. The molecular formula is C21H19Br. The highest BCUT2D eigenvalue weighted by atomic mass is 79.9. The van der Waals surface area contributed by atoms with Gasteiger partial charge >= 0.3 is 0 Å². The third kappa shape index (κ3) is 2.19. The summed E-state index contributed by atoms with van der Waals surface area (Å²) in [5, 5.41) is 2.73. The maximum atomic E-state index is 3.71. The van der Waals surface area contributed by atoms with Gasteiger partial charge in [0.25, 0.3) is 0 Å². The molecule has 2 aromatic rings. The zero-order valence-corrected chi connectivity index (χ0v) is 14.5. The largest absolute Gasteiger partial charge is 0.0712 e. The lowest BCUT2D eigenvalue weighted by molar-refractivity contribution is 0.409. The molecular weight excluding hydrogens is 332 g/mol. The van der Waals surface area contributed by atoms with Gasteiger partial charge in [-0.1, -0.05) is 78.3 Å². The lowest BCUT2D eigenvalue weighted by atomic mass is 9.69. The van der Waals surface area contributed by atoms with Crippen LogP contribution < -0.4 is 10.4 Å². The molecule has 0 aromatic heterocycles. The molecule has 110 valence electrons. The van der Waals surface area contributed by atoms with E-state index in [4.69, 9.17) is 0 Å². The van der Waals surface area contributed by atoms with E-state index in [1.165, 1.54) is 31.6 Å². The van der Waals surface area contributed by atoms with Gasteiger partial charge in [0, 0.05) is 10.4 Å². The first-order valence-corrected chi connectivity index (χ1v) is 8.63. The third-order valence-corrected chi connectivity index (χ3v) is 5.47. The van der Waals surface area contributed by atoms with E-state index < -0.39 is 0 Å². The first-order valence-electron chi connectivity index (χ1n) is 7.84. The molecule has 0 amide bonds. The monoisotopic (exact) mass is 350 g/mol. The van der Waals surface area contributed by atoms with Crippen molar-refractivity contribution < 1.29 is 0 Å². The molecule has 0 saturated carbocycles. The van der Waals surface area contributed by atoms with Gasteiger partial charge in [0.2, 0.25) is 0 Å². The quantitative estimate of drug-likeness (QED) is 0.708. The molecule has 0 N–H and O–H groups in total. The van der Waals surface area contributed by atoms with Crippen LogP contribution in [0.4, 0.5) is 0 Å². The van der Waals surface area contributed by atoms with Crippen molar-refractivity contribution in [1.82, 2.24) is 0 Å². The summed E-state index contributed by atoms with van der Waals surface area (Å²) in [6.07, 6.45) is 5.97. The van der Waals surface area contributed by atoms with E-state index in [9.17, 15) is 0 Å². The molecule has 2 aliphatic carbocycles. The second kappa shape index (κ2) is 4.96. The van der Waals surface area contributed by atoms with Crippen molar-refractivity contribution in [2.24, 2.45) is 5.41 Å². The highest BCUT2D eigenvalue weighted by Gasteiger charge is 2.33. The number of hydrogen-bond donors (Lipinski definition) is 0. The Morgan fingerprint density at radius 3 is 2.55 bits per heavy atom. The van der Waals surface area contributed by atoms with Gasteiger partial charge in [-0.2, -0.15) is 0 Å². The van der Waals surface area contributed by atoms with Crippen LogP contribution in [-0.2, 0) is 0 Å². The SMILES string of the molecule is CC1(C)C=C2C=c3c(Br)cccc3=C2C(c2ccccc2)C1. The van der Waals surface area contributed by atoms with E-state index >= 15 is 0 Å². The van der Waals surface area contributed by atoms with Crippen LogP contribution in [-0.4, -0.2) is 0 Å². The van der Waals surface area contributed by atoms with Gasteiger partial charge in [-0.25, -0.2) is 0 Å². The molecule has 0 radical (unpaired) electrons. The highest BCUT2D eigenvalue weighted by Crippen LogP contribution is 2.47. The molecule has 0 nitrogen and oxygen atoms in total. The zero-order valence-electron chi connectivity index (χ0n) is 12.9. The predicted octanol–water partition coefficient (Wildman–Crippen LogP) is 4.53. The molecule has 4 rings (SSSR count). The summed E-state index contributed by atoms with van der Waals surface area (Å²) < 4.78 is 1.19. The van der Waals surface area contributed by atoms with E-state index in [-0.39, 0.29) is 5.41 Å². The molecule has 0 bridgehead atoms. The maximum absolute atomic E-state index is 3.71. The Balaban J connectivity index is 2.04. The van der Waals surface area contributed by atoms with Crippen LogP contribution in [0.15, 0.2) is 64.7 Å². The third-order valence-electron chi connectivity index (χ3n) is 4.78. The van der Waals surface area contributed by atoms with Crippen LogP contribution in [0.2, 0.25) is 0 Å². The van der Waals surface area contributed by atoms with Gasteiger partial charge in [0.15, 0.2) is 0 Å². The molecule has 1 unspecified atom stereocenters. The van der Waals surface area contributed by atoms with Gasteiger partial charge in [-0.05, 0) is 51.1 Å². The van der Waals surface area contributed by atoms with Crippen LogP contribution >= 0.6 is 15.9 Å². The van der Waals surface area contributed by atoms with Crippen molar-refractivity contribution in [3.8, 4) is 0 Å². The summed E-state index contributed by atoms with van der Waals surface area (Å²) in [5.74, 6) is 0.475. The summed E-state index contributed by atoms with van der Waals surface area (Å²) in [6, 6.07) is 17.5. The summed E-state index contributed by atoms with van der Waals surface area (Å²) in [5.41, 5.74) is 4.57. The molecule has 1 heteroatoms. The van der Waals surface area contributed by atoms with Gasteiger partial charge < -0.3 is 0 Å². The Bertz CT molecular complexity index is 885. The second-order valence-corrected chi connectivity index (χ2v) is 7.87. The van der Waals surface area contributed by atoms with Crippen molar-refractivity contribution in [2.45, 2.75) is 26.2 Å². The van der Waals surface area contributed by atoms with E-state index in [1.807, 2.05) is 0 Å².